The summed E-state index contributed by atoms with van der Waals surface area (Å²) in [4.78, 5) is 4.54. The third-order valence-electron chi connectivity index (χ3n) is 5.57. The molecule has 7 nitrogen and oxygen atoms in total. The van der Waals surface area contributed by atoms with Crippen molar-refractivity contribution in [1.82, 2.24) is 10.1 Å². The fourth-order valence-corrected chi connectivity index (χ4v) is 4.95. The SMILES string of the molecule is COc1cc(-c2cc(F)cc(F)c2)ccc1-c1nccc2cc(S(=O)(=O)Nc3cc(C)on3)ccc12. The first-order valence-corrected chi connectivity index (χ1v) is 12.2. The van der Waals surface area contributed by atoms with E-state index in [1.807, 2.05) is 0 Å². The number of hydrogen-bond donors (Lipinski definition) is 1. The molecule has 0 bridgehead atoms. The molecule has 3 aromatic carbocycles. The number of hydrogen-bond acceptors (Lipinski definition) is 6. The van der Waals surface area contributed by atoms with Crippen LogP contribution in [0.15, 0.2) is 82.3 Å². The van der Waals surface area contributed by atoms with Crippen molar-refractivity contribution in [3.8, 4) is 28.1 Å². The minimum atomic E-state index is -3.90. The maximum Gasteiger partial charge on any atom is 0.263 e. The van der Waals surface area contributed by atoms with E-state index in [4.69, 9.17) is 9.26 Å². The first kappa shape index (κ1) is 23.4. The van der Waals surface area contributed by atoms with Gasteiger partial charge in [-0.25, -0.2) is 17.2 Å². The number of methoxy groups -OCH3 is 1. The smallest absolute Gasteiger partial charge is 0.263 e. The topological polar surface area (TPSA) is 94.3 Å². The highest BCUT2D eigenvalue weighted by Gasteiger charge is 2.19. The Labute approximate surface area is 205 Å². The first-order chi connectivity index (χ1) is 17.2. The van der Waals surface area contributed by atoms with E-state index in [9.17, 15) is 17.2 Å². The highest BCUT2D eigenvalue weighted by atomic mass is 32.2. The molecule has 0 fully saturated rings. The zero-order valence-corrected chi connectivity index (χ0v) is 19.9. The Balaban J connectivity index is 1.55. The number of nitrogens with one attached hydrogen (secondary N) is 1. The van der Waals surface area contributed by atoms with Crippen molar-refractivity contribution >= 4 is 26.6 Å². The molecular formula is C26H19F2N3O4S. The summed E-state index contributed by atoms with van der Waals surface area (Å²) in [6.07, 6.45) is 1.57. The van der Waals surface area contributed by atoms with Crippen molar-refractivity contribution in [2.24, 2.45) is 0 Å². The summed E-state index contributed by atoms with van der Waals surface area (Å²) >= 11 is 0. The number of pyridine rings is 1. The molecule has 0 amide bonds. The Morgan fingerprint density at radius 2 is 1.69 bits per heavy atom. The van der Waals surface area contributed by atoms with Crippen molar-refractivity contribution in [2.45, 2.75) is 11.8 Å². The quantitative estimate of drug-likeness (QED) is 0.305. The number of anilines is 1. The predicted octanol–water partition coefficient (Wildman–Crippen LogP) is 5.95. The van der Waals surface area contributed by atoms with E-state index < -0.39 is 21.7 Å². The minimum absolute atomic E-state index is 0.0447. The number of ether oxygens (including phenoxy) is 1. The van der Waals surface area contributed by atoms with Crippen molar-refractivity contribution in [2.75, 3.05) is 11.8 Å². The molecule has 36 heavy (non-hydrogen) atoms. The van der Waals surface area contributed by atoms with E-state index in [1.54, 1.807) is 43.5 Å². The van der Waals surface area contributed by atoms with Gasteiger partial charge in [-0.2, -0.15) is 0 Å². The van der Waals surface area contributed by atoms with Crippen LogP contribution in [0.25, 0.3) is 33.2 Å². The zero-order valence-electron chi connectivity index (χ0n) is 19.1. The Morgan fingerprint density at radius 3 is 2.39 bits per heavy atom. The first-order valence-electron chi connectivity index (χ1n) is 10.7. The van der Waals surface area contributed by atoms with Crippen LogP contribution >= 0.6 is 0 Å². The second-order valence-electron chi connectivity index (χ2n) is 8.04. The lowest BCUT2D eigenvalue weighted by Crippen LogP contribution is -2.13. The van der Waals surface area contributed by atoms with Crippen molar-refractivity contribution in [1.29, 1.82) is 0 Å². The lowest BCUT2D eigenvalue weighted by Gasteiger charge is -2.13. The molecule has 1 N–H and O–H groups in total. The largest absolute Gasteiger partial charge is 0.496 e. The molecule has 10 heteroatoms. The number of halogens is 2. The molecule has 0 aliphatic carbocycles. The summed E-state index contributed by atoms with van der Waals surface area (Å²) in [5, 5.41) is 5.00. The van der Waals surface area contributed by atoms with Gasteiger partial charge in [0.15, 0.2) is 5.82 Å². The second-order valence-corrected chi connectivity index (χ2v) is 9.73. The van der Waals surface area contributed by atoms with Crippen LogP contribution in [0.2, 0.25) is 0 Å². The van der Waals surface area contributed by atoms with Gasteiger partial charge in [0.05, 0.1) is 17.7 Å². The lowest BCUT2D eigenvalue weighted by atomic mass is 9.99. The van der Waals surface area contributed by atoms with Gasteiger partial charge in [-0.05, 0) is 65.9 Å². The second kappa shape index (κ2) is 9.04. The highest BCUT2D eigenvalue weighted by Crippen LogP contribution is 2.37. The standard InChI is InChI=1S/C26H19F2N3O4S/c1-15-9-25(30-35-15)31-36(32,33)21-4-6-22-17(12-21)7-8-29-26(22)23-5-3-16(13-24(23)34-2)18-10-19(27)14-20(28)11-18/h3-14H,1-2H3,(H,30,31). The number of rotatable bonds is 6. The van der Waals surface area contributed by atoms with Crippen molar-refractivity contribution < 1.29 is 26.5 Å². The third-order valence-corrected chi connectivity index (χ3v) is 6.92. The molecule has 0 spiro atoms. The molecule has 0 aliphatic heterocycles. The maximum atomic E-state index is 13.7. The number of nitrogens with zero attached hydrogens (tertiary/aromatic N) is 2. The van der Waals surface area contributed by atoms with Crippen LogP contribution in [-0.4, -0.2) is 25.7 Å². The van der Waals surface area contributed by atoms with Crippen LogP contribution in [-0.2, 0) is 10.0 Å². The van der Waals surface area contributed by atoms with Crippen LogP contribution in [0.4, 0.5) is 14.6 Å². The monoisotopic (exact) mass is 507 g/mol. The van der Waals surface area contributed by atoms with E-state index in [2.05, 4.69) is 14.9 Å². The van der Waals surface area contributed by atoms with Gasteiger partial charge in [-0.3, -0.25) is 9.71 Å². The van der Waals surface area contributed by atoms with Crippen molar-refractivity contribution in [3.05, 3.63) is 90.3 Å². The van der Waals surface area contributed by atoms with Gasteiger partial charge in [0, 0.05) is 29.3 Å². The maximum absolute atomic E-state index is 13.7. The summed E-state index contributed by atoms with van der Waals surface area (Å²) in [6, 6.07) is 16.3. The van der Waals surface area contributed by atoms with Crippen LogP contribution in [0.3, 0.4) is 0 Å². The highest BCUT2D eigenvalue weighted by molar-refractivity contribution is 7.92. The minimum Gasteiger partial charge on any atom is -0.496 e. The lowest BCUT2D eigenvalue weighted by molar-refractivity contribution is 0.400. The number of benzene rings is 3. The van der Waals surface area contributed by atoms with E-state index in [1.165, 1.54) is 37.4 Å². The molecule has 0 saturated heterocycles. The average molecular weight is 508 g/mol. The van der Waals surface area contributed by atoms with Gasteiger partial charge in [0.25, 0.3) is 10.0 Å². The van der Waals surface area contributed by atoms with Gasteiger partial charge in [-0.15, -0.1) is 0 Å². The Hall–Kier alpha value is -4.31. The molecule has 2 aromatic heterocycles. The van der Waals surface area contributed by atoms with Gasteiger partial charge < -0.3 is 9.26 Å². The molecule has 182 valence electrons. The molecule has 5 aromatic rings. The molecular weight excluding hydrogens is 488 g/mol. The fourth-order valence-electron chi connectivity index (χ4n) is 3.94. The van der Waals surface area contributed by atoms with E-state index in [-0.39, 0.29) is 10.7 Å². The van der Waals surface area contributed by atoms with Gasteiger partial charge in [0.2, 0.25) is 0 Å². The Morgan fingerprint density at radius 1 is 0.917 bits per heavy atom. The van der Waals surface area contributed by atoms with Crippen LogP contribution in [0, 0.1) is 18.6 Å². The molecule has 0 atom stereocenters. The molecule has 0 saturated carbocycles. The summed E-state index contributed by atoms with van der Waals surface area (Å²) < 4.78 is 66.0. The van der Waals surface area contributed by atoms with Crippen molar-refractivity contribution in [3.63, 3.8) is 0 Å². The summed E-state index contributed by atoms with van der Waals surface area (Å²) in [6.45, 7) is 1.66. The number of aromatic nitrogens is 2. The van der Waals surface area contributed by atoms with E-state index >= 15 is 0 Å². The van der Waals surface area contributed by atoms with Gasteiger partial charge in [0.1, 0.15) is 23.1 Å². The molecule has 0 radical (unpaired) electrons. The zero-order chi connectivity index (χ0) is 25.4. The Kier molecular flexibility index (Phi) is 5.89. The predicted molar refractivity (Wildman–Crippen MR) is 131 cm³/mol. The third kappa shape index (κ3) is 4.50. The summed E-state index contributed by atoms with van der Waals surface area (Å²) in [5.41, 5.74) is 2.13. The summed E-state index contributed by atoms with van der Waals surface area (Å²) in [5.74, 6) is -0.349. The van der Waals surface area contributed by atoms with Gasteiger partial charge >= 0.3 is 0 Å². The molecule has 2 heterocycles. The fraction of sp³-hybridized carbons (Fsp3) is 0.0769. The number of fused-ring (bicyclic) bond motifs is 1. The molecule has 0 aliphatic rings. The average Bonchev–Trinajstić information content (AvgIpc) is 3.26. The summed E-state index contributed by atoms with van der Waals surface area (Å²) in [7, 11) is -2.42. The molecule has 0 unspecified atom stereocenters. The van der Waals surface area contributed by atoms with E-state index in [0.29, 0.717) is 44.7 Å². The number of aryl methyl sites for hydroxylation is 1. The van der Waals surface area contributed by atoms with Crippen LogP contribution in [0.1, 0.15) is 5.76 Å². The number of sulfonamides is 1. The van der Waals surface area contributed by atoms with Crippen LogP contribution < -0.4 is 9.46 Å². The normalized spacial score (nSPS) is 11.6. The Bertz CT molecular complexity index is 1700. The van der Waals surface area contributed by atoms with Crippen LogP contribution in [0.5, 0.6) is 5.75 Å². The van der Waals surface area contributed by atoms with E-state index in [0.717, 1.165) is 6.07 Å². The van der Waals surface area contributed by atoms with Gasteiger partial charge in [-0.1, -0.05) is 17.3 Å². The molecule has 5 rings (SSSR count).